The zero-order chi connectivity index (χ0) is 11.4. The lowest BCUT2D eigenvalue weighted by Crippen LogP contribution is -2.11. The minimum absolute atomic E-state index is 0.455. The van der Waals surface area contributed by atoms with E-state index in [1.807, 2.05) is 11.6 Å². The molecule has 0 aliphatic heterocycles. The predicted molar refractivity (Wildman–Crippen MR) is 62.5 cm³/mol. The molecule has 0 atom stereocenters. The standard InChI is InChI=1S/C11H18ClN3O/c1-2-16-6-5-15-11(7-9-3-4-9)10(8-12)13-14-15/h9H,2-8H2,1H3. The molecular formula is C11H18ClN3O. The molecule has 90 valence electrons. The van der Waals surface area contributed by atoms with Gasteiger partial charge in [-0.05, 0) is 32.1 Å². The van der Waals surface area contributed by atoms with Crippen molar-refractivity contribution >= 4 is 11.6 Å². The Kier molecular flexibility index (Phi) is 4.18. The molecule has 1 fully saturated rings. The predicted octanol–water partition coefficient (Wildman–Crippen LogP) is 2.01. The molecule has 1 aliphatic rings. The fraction of sp³-hybridized carbons (Fsp3) is 0.818. The largest absolute Gasteiger partial charge is 0.380 e. The third-order valence-electron chi connectivity index (χ3n) is 2.88. The second kappa shape index (κ2) is 5.64. The maximum atomic E-state index is 5.86. The van der Waals surface area contributed by atoms with Crippen LogP contribution in [-0.2, 0) is 23.6 Å². The van der Waals surface area contributed by atoms with Gasteiger partial charge in [-0.1, -0.05) is 5.21 Å². The zero-order valence-corrected chi connectivity index (χ0v) is 10.4. The molecule has 5 heteroatoms. The summed E-state index contributed by atoms with van der Waals surface area (Å²) in [5.74, 6) is 1.28. The Morgan fingerprint density at radius 1 is 1.50 bits per heavy atom. The molecule has 0 N–H and O–H groups in total. The Balaban J connectivity index is 2.00. The van der Waals surface area contributed by atoms with Gasteiger partial charge in [-0.15, -0.1) is 16.7 Å². The number of hydrogen-bond acceptors (Lipinski definition) is 3. The molecule has 0 aromatic carbocycles. The van der Waals surface area contributed by atoms with E-state index in [0.29, 0.717) is 12.5 Å². The van der Waals surface area contributed by atoms with Gasteiger partial charge in [0.05, 0.1) is 24.7 Å². The van der Waals surface area contributed by atoms with Crippen molar-refractivity contribution < 1.29 is 4.74 Å². The smallest absolute Gasteiger partial charge is 0.101 e. The van der Waals surface area contributed by atoms with E-state index in [9.17, 15) is 0 Å². The number of aromatic nitrogens is 3. The fourth-order valence-corrected chi connectivity index (χ4v) is 1.97. The van der Waals surface area contributed by atoms with Crippen molar-refractivity contribution in [1.82, 2.24) is 15.0 Å². The van der Waals surface area contributed by atoms with Gasteiger partial charge in [0.25, 0.3) is 0 Å². The molecule has 1 heterocycles. The van der Waals surface area contributed by atoms with Gasteiger partial charge in [0.1, 0.15) is 5.69 Å². The Bertz CT molecular complexity index is 336. The Morgan fingerprint density at radius 2 is 2.31 bits per heavy atom. The molecule has 1 aromatic rings. The van der Waals surface area contributed by atoms with Crippen LogP contribution in [0.3, 0.4) is 0 Å². The normalized spacial score (nSPS) is 15.6. The van der Waals surface area contributed by atoms with E-state index in [1.165, 1.54) is 18.5 Å². The van der Waals surface area contributed by atoms with Gasteiger partial charge in [0, 0.05) is 6.61 Å². The zero-order valence-electron chi connectivity index (χ0n) is 9.65. The summed E-state index contributed by atoms with van der Waals surface area (Å²) in [6, 6.07) is 0. The van der Waals surface area contributed by atoms with Crippen LogP contribution in [-0.4, -0.2) is 28.2 Å². The van der Waals surface area contributed by atoms with Crippen LogP contribution in [0.15, 0.2) is 0 Å². The van der Waals surface area contributed by atoms with Crippen molar-refractivity contribution in [3.8, 4) is 0 Å². The van der Waals surface area contributed by atoms with E-state index in [1.54, 1.807) is 0 Å². The van der Waals surface area contributed by atoms with Crippen LogP contribution in [0.4, 0.5) is 0 Å². The minimum Gasteiger partial charge on any atom is -0.380 e. The Hall–Kier alpha value is -0.610. The summed E-state index contributed by atoms with van der Waals surface area (Å²) in [5, 5.41) is 8.26. The van der Waals surface area contributed by atoms with Crippen LogP contribution < -0.4 is 0 Å². The van der Waals surface area contributed by atoms with Gasteiger partial charge in [-0.3, -0.25) is 0 Å². The van der Waals surface area contributed by atoms with Crippen LogP contribution in [0.25, 0.3) is 0 Å². The average Bonchev–Trinajstić information content (AvgIpc) is 3.02. The third-order valence-corrected chi connectivity index (χ3v) is 3.13. The van der Waals surface area contributed by atoms with Crippen molar-refractivity contribution in [2.45, 2.75) is 38.6 Å². The summed E-state index contributed by atoms with van der Waals surface area (Å²) in [5.41, 5.74) is 2.14. The van der Waals surface area contributed by atoms with Crippen LogP contribution in [0.5, 0.6) is 0 Å². The summed E-state index contributed by atoms with van der Waals surface area (Å²) in [6.07, 6.45) is 3.73. The quantitative estimate of drug-likeness (QED) is 0.543. The van der Waals surface area contributed by atoms with E-state index in [-0.39, 0.29) is 0 Å². The van der Waals surface area contributed by atoms with E-state index in [0.717, 1.165) is 31.2 Å². The number of nitrogens with zero attached hydrogens (tertiary/aromatic N) is 3. The van der Waals surface area contributed by atoms with Crippen molar-refractivity contribution in [3.63, 3.8) is 0 Å². The fourth-order valence-electron chi connectivity index (χ4n) is 1.77. The molecule has 1 aromatic heterocycles. The summed E-state index contributed by atoms with van der Waals surface area (Å²) >= 11 is 5.86. The van der Waals surface area contributed by atoms with Gasteiger partial charge in [0.2, 0.25) is 0 Å². The molecular weight excluding hydrogens is 226 g/mol. The molecule has 0 saturated heterocycles. The first-order valence-electron chi connectivity index (χ1n) is 5.90. The average molecular weight is 244 g/mol. The van der Waals surface area contributed by atoms with E-state index in [4.69, 9.17) is 16.3 Å². The van der Waals surface area contributed by atoms with Gasteiger partial charge in [-0.2, -0.15) is 0 Å². The van der Waals surface area contributed by atoms with Gasteiger partial charge < -0.3 is 4.74 Å². The first-order chi connectivity index (χ1) is 7.85. The lowest BCUT2D eigenvalue weighted by molar-refractivity contribution is 0.135. The molecule has 16 heavy (non-hydrogen) atoms. The summed E-state index contributed by atoms with van der Waals surface area (Å²) in [4.78, 5) is 0. The number of alkyl halides is 1. The van der Waals surface area contributed by atoms with Crippen molar-refractivity contribution in [1.29, 1.82) is 0 Å². The topological polar surface area (TPSA) is 39.9 Å². The van der Waals surface area contributed by atoms with Crippen LogP contribution >= 0.6 is 11.6 Å². The molecule has 1 aliphatic carbocycles. The van der Waals surface area contributed by atoms with Crippen molar-refractivity contribution in [3.05, 3.63) is 11.4 Å². The van der Waals surface area contributed by atoms with Crippen LogP contribution in [0.2, 0.25) is 0 Å². The van der Waals surface area contributed by atoms with E-state index < -0.39 is 0 Å². The second-order valence-electron chi connectivity index (χ2n) is 4.18. The van der Waals surface area contributed by atoms with Crippen molar-refractivity contribution in [2.24, 2.45) is 5.92 Å². The first-order valence-corrected chi connectivity index (χ1v) is 6.43. The number of halogens is 1. The highest BCUT2D eigenvalue weighted by Gasteiger charge is 2.25. The minimum atomic E-state index is 0.455. The van der Waals surface area contributed by atoms with Gasteiger partial charge >= 0.3 is 0 Å². The Morgan fingerprint density at radius 3 is 2.94 bits per heavy atom. The second-order valence-corrected chi connectivity index (χ2v) is 4.45. The molecule has 4 nitrogen and oxygen atoms in total. The lowest BCUT2D eigenvalue weighted by Gasteiger charge is -2.06. The highest BCUT2D eigenvalue weighted by atomic mass is 35.5. The summed E-state index contributed by atoms with van der Waals surface area (Å²) < 4.78 is 7.28. The van der Waals surface area contributed by atoms with Crippen LogP contribution in [0, 0.1) is 5.92 Å². The molecule has 0 unspecified atom stereocenters. The van der Waals surface area contributed by atoms with Crippen LogP contribution in [0.1, 0.15) is 31.2 Å². The Labute approximate surface area is 101 Å². The van der Waals surface area contributed by atoms with Crippen molar-refractivity contribution in [2.75, 3.05) is 13.2 Å². The third kappa shape index (κ3) is 2.95. The number of hydrogen-bond donors (Lipinski definition) is 0. The lowest BCUT2D eigenvalue weighted by atomic mass is 10.2. The summed E-state index contributed by atoms with van der Waals surface area (Å²) in [7, 11) is 0. The van der Waals surface area contributed by atoms with E-state index in [2.05, 4.69) is 10.3 Å². The summed E-state index contributed by atoms with van der Waals surface area (Å²) in [6.45, 7) is 4.21. The monoisotopic (exact) mass is 243 g/mol. The molecule has 0 bridgehead atoms. The SMILES string of the molecule is CCOCCn1nnc(CCl)c1CC1CC1. The molecule has 0 radical (unpaired) electrons. The van der Waals surface area contributed by atoms with Gasteiger partial charge in [0.15, 0.2) is 0 Å². The van der Waals surface area contributed by atoms with E-state index >= 15 is 0 Å². The highest BCUT2D eigenvalue weighted by Crippen LogP contribution is 2.33. The number of rotatable bonds is 7. The molecule has 0 amide bonds. The number of ether oxygens (including phenoxy) is 1. The molecule has 0 spiro atoms. The maximum absolute atomic E-state index is 5.86. The molecule has 2 rings (SSSR count). The molecule has 1 saturated carbocycles. The maximum Gasteiger partial charge on any atom is 0.101 e. The first kappa shape index (κ1) is 11.9. The van der Waals surface area contributed by atoms with Gasteiger partial charge in [-0.25, -0.2) is 4.68 Å². The highest BCUT2D eigenvalue weighted by molar-refractivity contribution is 6.16.